The summed E-state index contributed by atoms with van der Waals surface area (Å²) in [5.41, 5.74) is 6.23. The Morgan fingerprint density at radius 1 is 1.44 bits per heavy atom. The molecule has 3 nitrogen and oxygen atoms in total. The normalized spacial score (nSPS) is 18.3. The van der Waals surface area contributed by atoms with Gasteiger partial charge in [0.25, 0.3) is 0 Å². The lowest BCUT2D eigenvalue weighted by Crippen LogP contribution is -2.38. The van der Waals surface area contributed by atoms with Crippen LogP contribution in [0.4, 0.5) is 0 Å². The Bertz CT molecular complexity index is 241. The van der Waals surface area contributed by atoms with Crippen molar-refractivity contribution in [2.24, 2.45) is 11.1 Å². The highest BCUT2D eigenvalue weighted by molar-refractivity contribution is 5.77. The molecule has 0 aromatic heterocycles. The van der Waals surface area contributed by atoms with Gasteiger partial charge in [-0.2, -0.15) is 0 Å². The number of hydrogen-bond donors (Lipinski definition) is 1. The van der Waals surface area contributed by atoms with Crippen LogP contribution in [0.1, 0.15) is 53.4 Å². The third kappa shape index (κ3) is 4.52. The van der Waals surface area contributed by atoms with Crippen molar-refractivity contribution in [1.29, 1.82) is 0 Å². The number of rotatable bonds is 5. The third-order valence-electron chi connectivity index (χ3n) is 2.96. The van der Waals surface area contributed by atoms with E-state index in [1.165, 1.54) is 12.8 Å². The minimum atomic E-state index is 0.000278. The van der Waals surface area contributed by atoms with Crippen LogP contribution in [0.5, 0.6) is 0 Å². The lowest BCUT2D eigenvalue weighted by molar-refractivity contribution is -0.132. The van der Waals surface area contributed by atoms with E-state index in [9.17, 15) is 4.79 Å². The van der Waals surface area contributed by atoms with Crippen LogP contribution in [0.25, 0.3) is 0 Å². The lowest BCUT2D eigenvalue weighted by atomic mass is 9.87. The maximum Gasteiger partial charge on any atom is 0.224 e. The zero-order valence-corrected chi connectivity index (χ0v) is 11.1. The van der Waals surface area contributed by atoms with Crippen molar-refractivity contribution in [2.45, 2.75) is 65.5 Å². The molecule has 1 unspecified atom stereocenters. The summed E-state index contributed by atoms with van der Waals surface area (Å²) in [4.78, 5) is 14.0. The van der Waals surface area contributed by atoms with E-state index < -0.39 is 0 Å². The fourth-order valence-corrected chi connectivity index (χ4v) is 2.22. The summed E-state index contributed by atoms with van der Waals surface area (Å²) in [7, 11) is 0. The van der Waals surface area contributed by atoms with Crippen molar-refractivity contribution >= 4 is 5.91 Å². The predicted molar refractivity (Wildman–Crippen MR) is 67.1 cm³/mol. The summed E-state index contributed by atoms with van der Waals surface area (Å²) in [6, 6.07) is 0.514. The quantitative estimate of drug-likeness (QED) is 0.780. The van der Waals surface area contributed by atoms with Crippen LogP contribution in [0.3, 0.4) is 0 Å². The number of carbonyl (C=O) groups excluding carboxylic acids is 1. The molecular formula is C13H26N2O. The maximum atomic E-state index is 12.0. The molecule has 1 amide bonds. The number of hydrogen-bond acceptors (Lipinski definition) is 2. The molecule has 0 radical (unpaired) electrons. The largest absolute Gasteiger partial charge is 0.340 e. The standard InChI is InChI=1S/C13H26N2O/c1-5-15(11-6-7-11)12(16)8-10(14)9-13(2,3)4/h10-11H,5-9,14H2,1-4H3. The van der Waals surface area contributed by atoms with Crippen LogP contribution in [0.15, 0.2) is 0 Å². The van der Waals surface area contributed by atoms with Gasteiger partial charge in [-0.15, -0.1) is 0 Å². The molecule has 0 aromatic carbocycles. The molecule has 1 atom stereocenters. The highest BCUT2D eigenvalue weighted by Gasteiger charge is 2.32. The molecule has 3 heteroatoms. The topological polar surface area (TPSA) is 46.3 Å². The second-order valence-electron chi connectivity index (χ2n) is 6.14. The molecule has 1 aliphatic rings. The van der Waals surface area contributed by atoms with Gasteiger partial charge >= 0.3 is 0 Å². The van der Waals surface area contributed by atoms with E-state index in [4.69, 9.17) is 5.73 Å². The van der Waals surface area contributed by atoms with E-state index in [1.54, 1.807) is 0 Å². The minimum absolute atomic E-state index is 0.000278. The van der Waals surface area contributed by atoms with Crippen molar-refractivity contribution in [2.75, 3.05) is 6.54 Å². The fourth-order valence-electron chi connectivity index (χ4n) is 2.22. The molecule has 2 N–H and O–H groups in total. The Kier molecular flexibility index (Phi) is 4.36. The number of carbonyl (C=O) groups is 1. The van der Waals surface area contributed by atoms with Crippen LogP contribution < -0.4 is 5.73 Å². The third-order valence-corrected chi connectivity index (χ3v) is 2.96. The molecule has 0 aromatic rings. The predicted octanol–water partition coefficient (Wildman–Crippen LogP) is 2.15. The first-order chi connectivity index (χ1) is 7.33. The van der Waals surface area contributed by atoms with Gasteiger partial charge in [0, 0.05) is 25.0 Å². The molecular weight excluding hydrogens is 200 g/mol. The molecule has 94 valence electrons. The van der Waals surface area contributed by atoms with Gasteiger partial charge in [0.15, 0.2) is 0 Å². The molecule has 16 heavy (non-hydrogen) atoms. The Morgan fingerprint density at radius 2 is 2.00 bits per heavy atom. The molecule has 0 bridgehead atoms. The number of nitrogens with zero attached hydrogens (tertiary/aromatic N) is 1. The molecule has 0 spiro atoms. The van der Waals surface area contributed by atoms with Gasteiger partial charge < -0.3 is 10.6 Å². The van der Waals surface area contributed by atoms with Crippen LogP contribution in [0, 0.1) is 5.41 Å². The van der Waals surface area contributed by atoms with E-state index >= 15 is 0 Å². The fraction of sp³-hybridized carbons (Fsp3) is 0.923. The first-order valence-electron chi connectivity index (χ1n) is 6.38. The minimum Gasteiger partial charge on any atom is -0.340 e. The maximum absolute atomic E-state index is 12.0. The monoisotopic (exact) mass is 226 g/mol. The van der Waals surface area contributed by atoms with Gasteiger partial charge in [0.05, 0.1) is 0 Å². The van der Waals surface area contributed by atoms with Gasteiger partial charge in [-0.25, -0.2) is 0 Å². The highest BCUT2D eigenvalue weighted by Crippen LogP contribution is 2.28. The molecule has 1 fully saturated rings. The summed E-state index contributed by atoms with van der Waals surface area (Å²) in [6.45, 7) is 9.36. The second kappa shape index (κ2) is 5.17. The van der Waals surface area contributed by atoms with Gasteiger partial charge in [-0.05, 0) is 31.6 Å². The van der Waals surface area contributed by atoms with E-state index in [0.29, 0.717) is 12.5 Å². The Morgan fingerprint density at radius 3 is 2.38 bits per heavy atom. The Hall–Kier alpha value is -0.570. The molecule has 0 saturated heterocycles. The van der Waals surface area contributed by atoms with Crippen LogP contribution in [-0.4, -0.2) is 29.4 Å². The highest BCUT2D eigenvalue weighted by atomic mass is 16.2. The SMILES string of the molecule is CCN(C(=O)CC(N)CC(C)(C)C)C1CC1. The molecule has 0 heterocycles. The van der Waals surface area contributed by atoms with Gasteiger partial charge in [0.2, 0.25) is 5.91 Å². The van der Waals surface area contributed by atoms with Gasteiger partial charge in [-0.1, -0.05) is 20.8 Å². The summed E-state index contributed by atoms with van der Waals surface area (Å²) < 4.78 is 0. The van der Waals surface area contributed by atoms with Crippen molar-refractivity contribution in [3.05, 3.63) is 0 Å². The average Bonchev–Trinajstić information content (AvgIpc) is 2.85. The lowest BCUT2D eigenvalue weighted by Gasteiger charge is -2.26. The average molecular weight is 226 g/mol. The van der Waals surface area contributed by atoms with Crippen molar-refractivity contribution in [1.82, 2.24) is 4.90 Å². The Labute approximate surface area is 99.4 Å². The summed E-state index contributed by atoms with van der Waals surface area (Å²) in [5, 5.41) is 0. The van der Waals surface area contributed by atoms with Crippen LogP contribution in [0.2, 0.25) is 0 Å². The zero-order chi connectivity index (χ0) is 12.3. The first kappa shape index (κ1) is 13.5. The van der Waals surface area contributed by atoms with Gasteiger partial charge in [-0.3, -0.25) is 4.79 Å². The Balaban J connectivity index is 2.37. The second-order valence-corrected chi connectivity index (χ2v) is 6.14. The zero-order valence-electron chi connectivity index (χ0n) is 11.1. The molecule has 0 aliphatic heterocycles. The van der Waals surface area contributed by atoms with E-state index in [2.05, 4.69) is 20.8 Å². The summed E-state index contributed by atoms with van der Waals surface area (Å²) >= 11 is 0. The number of nitrogens with two attached hydrogens (primary N) is 1. The van der Waals surface area contributed by atoms with Crippen molar-refractivity contribution in [3.8, 4) is 0 Å². The van der Waals surface area contributed by atoms with Crippen LogP contribution in [-0.2, 0) is 4.79 Å². The molecule has 1 aliphatic carbocycles. The number of amides is 1. The van der Waals surface area contributed by atoms with E-state index in [1.807, 2.05) is 11.8 Å². The summed E-state index contributed by atoms with van der Waals surface area (Å²) in [5.74, 6) is 0.238. The van der Waals surface area contributed by atoms with Crippen molar-refractivity contribution < 1.29 is 4.79 Å². The first-order valence-corrected chi connectivity index (χ1v) is 6.38. The van der Waals surface area contributed by atoms with Gasteiger partial charge in [0.1, 0.15) is 0 Å². The van der Waals surface area contributed by atoms with E-state index in [-0.39, 0.29) is 17.4 Å². The summed E-state index contributed by atoms with van der Waals surface area (Å²) in [6.07, 6.45) is 3.75. The molecule has 1 rings (SSSR count). The van der Waals surface area contributed by atoms with Crippen LogP contribution >= 0.6 is 0 Å². The van der Waals surface area contributed by atoms with Crippen molar-refractivity contribution in [3.63, 3.8) is 0 Å². The smallest absolute Gasteiger partial charge is 0.224 e. The van der Waals surface area contributed by atoms with E-state index in [0.717, 1.165) is 13.0 Å². The molecule has 1 saturated carbocycles.